The molecule has 0 aliphatic carbocycles. The van der Waals surface area contributed by atoms with Crippen LogP contribution in [0.2, 0.25) is 0 Å². The normalized spacial score (nSPS) is 10.3. The van der Waals surface area contributed by atoms with Crippen LogP contribution in [0.1, 0.15) is 38.1 Å². The second-order valence-electron chi connectivity index (χ2n) is 5.53. The van der Waals surface area contributed by atoms with Gasteiger partial charge in [0.1, 0.15) is 22.1 Å². The maximum absolute atomic E-state index is 12.1. The van der Waals surface area contributed by atoms with Crippen molar-refractivity contribution in [3.05, 3.63) is 39.8 Å². The molecule has 1 aromatic carbocycles. The SMILES string of the molecule is CCOC(=O)c1c(NC(=O)COC(=O)c2ccc(O)cc2O)sc(C)c1C. The Morgan fingerprint density at radius 1 is 1.11 bits per heavy atom. The van der Waals surface area contributed by atoms with Crippen molar-refractivity contribution < 1.29 is 34.1 Å². The van der Waals surface area contributed by atoms with Gasteiger partial charge in [0.15, 0.2) is 6.61 Å². The first-order chi connectivity index (χ1) is 12.7. The van der Waals surface area contributed by atoms with Gasteiger partial charge in [-0.15, -0.1) is 11.3 Å². The number of anilines is 1. The van der Waals surface area contributed by atoms with Crippen LogP contribution in [-0.4, -0.2) is 41.3 Å². The highest BCUT2D eigenvalue weighted by molar-refractivity contribution is 7.16. The van der Waals surface area contributed by atoms with Gasteiger partial charge in [-0.2, -0.15) is 0 Å². The van der Waals surface area contributed by atoms with Crippen LogP contribution >= 0.6 is 11.3 Å². The summed E-state index contributed by atoms with van der Waals surface area (Å²) >= 11 is 1.22. The Bertz CT molecular complexity index is 888. The summed E-state index contributed by atoms with van der Waals surface area (Å²) < 4.78 is 9.87. The van der Waals surface area contributed by atoms with Gasteiger partial charge in [-0.25, -0.2) is 9.59 Å². The summed E-state index contributed by atoms with van der Waals surface area (Å²) in [5, 5.41) is 21.7. The van der Waals surface area contributed by atoms with Gasteiger partial charge in [-0.3, -0.25) is 4.79 Å². The number of hydrogen-bond acceptors (Lipinski definition) is 8. The van der Waals surface area contributed by atoms with Gasteiger partial charge in [0.2, 0.25) is 0 Å². The first-order valence-electron chi connectivity index (χ1n) is 8.00. The molecule has 0 aliphatic rings. The highest BCUT2D eigenvalue weighted by Gasteiger charge is 2.22. The predicted octanol–water partition coefficient (Wildman–Crippen LogP) is 2.75. The Morgan fingerprint density at radius 2 is 1.81 bits per heavy atom. The molecule has 0 spiro atoms. The Labute approximate surface area is 159 Å². The summed E-state index contributed by atoms with van der Waals surface area (Å²) in [7, 11) is 0. The van der Waals surface area contributed by atoms with E-state index in [2.05, 4.69) is 5.32 Å². The van der Waals surface area contributed by atoms with Crippen LogP contribution in [0.15, 0.2) is 18.2 Å². The highest BCUT2D eigenvalue weighted by atomic mass is 32.1. The second-order valence-corrected chi connectivity index (χ2v) is 6.76. The molecule has 1 amide bonds. The van der Waals surface area contributed by atoms with E-state index in [1.807, 2.05) is 6.92 Å². The van der Waals surface area contributed by atoms with E-state index < -0.39 is 30.2 Å². The van der Waals surface area contributed by atoms with Crippen LogP contribution in [0, 0.1) is 13.8 Å². The Morgan fingerprint density at radius 3 is 2.44 bits per heavy atom. The number of aryl methyl sites for hydroxylation is 1. The summed E-state index contributed by atoms with van der Waals surface area (Å²) in [5.41, 5.74) is 0.797. The summed E-state index contributed by atoms with van der Waals surface area (Å²) in [6.45, 7) is 4.84. The average molecular weight is 393 g/mol. The zero-order valence-electron chi connectivity index (χ0n) is 15.0. The first-order valence-corrected chi connectivity index (χ1v) is 8.82. The molecule has 0 saturated heterocycles. The lowest BCUT2D eigenvalue weighted by Crippen LogP contribution is -2.21. The minimum atomic E-state index is -0.924. The molecule has 27 heavy (non-hydrogen) atoms. The quantitative estimate of drug-likeness (QED) is 0.645. The maximum atomic E-state index is 12.1. The number of carbonyl (C=O) groups is 3. The molecule has 3 N–H and O–H groups in total. The van der Waals surface area contributed by atoms with Crippen LogP contribution < -0.4 is 5.32 Å². The molecule has 0 fully saturated rings. The van der Waals surface area contributed by atoms with E-state index in [0.29, 0.717) is 10.6 Å². The molecular formula is C18H19NO7S. The molecule has 144 valence electrons. The predicted molar refractivity (Wildman–Crippen MR) is 98.4 cm³/mol. The van der Waals surface area contributed by atoms with E-state index in [1.165, 1.54) is 23.5 Å². The number of rotatable bonds is 6. The van der Waals surface area contributed by atoms with Crippen LogP contribution in [0.25, 0.3) is 0 Å². The summed E-state index contributed by atoms with van der Waals surface area (Å²) in [6, 6.07) is 3.37. The molecule has 0 radical (unpaired) electrons. The Hall–Kier alpha value is -3.07. The van der Waals surface area contributed by atoms with Crippen LogP contribution in [0.3, 0.4) is 0 Å². The summed E-state index contributed by atoms with van der Waals surface area (Å²) in [4.78, 5) is 37.0. The van der Waals surface area contributed by atoms with Crippen molar-refractivity contribution >= 4 is 34.2 Å². The number of nitrogens with one attached hydrogen (secondary N) is 1. The molecule has 8 nitrogen and oxygen atoms in total. The summed E-state index contributed by atoms with van der Waals surface area (Å²) in [6.07, 6.45) is 0. The van der Waals surface area contributed by atoms with Crippen molar-refractivity contribution in [2.45, 2.75) is 20.8 Å². The average Bonchev–Trinajstić information content (AvgIpc) is 2.86. The number of carbonyl (C=O) groups excluding carboxylic acids is 3. The molecule has 0 saturated carbocycles. The molecule has 2 rings (SSSR count). The third-order valence-electron chi connectivity index (χ3n) is 3.65. The highest BCUT2D eigenvalue weighted by Crippen LogP contribution is 2.33. The molecule has 0 aliphatic heterocycles. The molecule has 0 bridgehead atoms. The van der Waals surface area contributed by atoms with E-state index in [9.17, 15) is 24.6 Å². The third-order valence-corrected chi connectivity index (χ3v) is 4.78. The zero-order chi connectivity index (χ0) is 20.1. The molecular weight excluding hydrogens is 374 g/mol. The lowest BCUT2D eigenvalue weighted by Gasteiger charge is -2.08. The van der Waals surface area contributed by atoms with Gasteiger partial charge in [0.25, 0.3) is 5.91 Å². The molecule has 2 aromatic rings. The van der Waals surface area contributed by atoms with Crippen molar-refractivity contribution in [2.24, 2.45) is 0 Å². The van der Waals surface area contributed by atoms with Crippen molar-refractivity contribution in [1.82, 2.24) is 0 Å². The smallest absolute Gasteiger partial charge is 0.342 e. The van der Waals surface area contributed by atoms with E-state index in [1.54, 1.807) is 13.8 Å². The van der Waals surface area contributed by atoms with Crippen LogP contribution in [-0.2, 0) is 14.3 Å². The minimum Gasteiger partial charge on any atom is -0.508 e. The topological polar surface area (TPSA) is 122 Å². The molecule has 1 heterocycles. The second kappa shape index (κ2) is 8.54. The molecule has 1 aromatic heterocycles. The Kier molecular flexibility index (Phi) is 6.40. The van der Waals surface area contributed by atoms with Gasteiger partial charge < -0.3 is 25.0 Å². The number of amides is 1. The number of aromatic hydroxyl groups is 2. The molecule has 0 atom stereocenters. The third kappa shape index (κ3) is 4.76. The fourth-order valence-electron chi connectivity index (χ4n) is 2.23. The van der Waals surface area contributed by atoms with Gasteiger partial charge in [0, 0.05) is 10.9 Å². The van der Waals surface area contributed by atoms with Crippen molar-refractivity contribution in [3.63, 3.8) is 0 Å². The van der Waals surface area contributed by atoms with Crippen LogP contribution in [0.5, 0.6) is 11.5 Å². The fraction of sp³-hybridized carbons (Fsp3) is 0.278. The van der Waals surface area contributed by atoms with E-state index >= 15 is 0 Å². The fourth-order valence-corrected chi connectivity index (χ4v) is 3.29. The number of phenols is 2. The monoisotopic (exact) mass is 393 g/mol. The van der Waals surface area contributed by atoms with Gasteiger partial charge in [0.05, 0.1) is 12.2 Å². The standard InChI is InChI=1S/C18H19NO7S/c1-4-25-18(24)15-9(2)10(3)27-16(15)19-14(22)8-26-17(23)12-6-5-11(20)7-13(12)21/h5-7,20-21H,4,8H2,1-3H3,(H,19,22). The number of thiophene rings is 1. The van der Waals surface area contributed by atoms with Gasteiger partial charge in [-0.05, 0) is 38.5 Å². The summed E-state index contributed by atoms with van der Waals surface area (Å²) in [5.74, 6) is -2.79. The largest absolute Gasteiger partial charge is 0.508 e. The lowest BCUT2D eigenvalue weighted by molar-refractivity contribution is -0.119. The zero-order valence-corrected chi connectivity index (χ0v) is 15.8. The molecule has 9 heteroatoms. The number of phenolic OH excluding ortho intramolecular Hbond substituents is 2. The van der Waals surface area contributed by atoms with Crippen molar-refractivity contribution in [1.29, 1.82) is 0 Å². The number of benzene rings is 1. The van der Waals surface area contributed by atoms with Gasteiger partial charge >= 0.3 is 11.9 Å². The minimum absolute atomic E-state index is 0.185. The van der Waals surface area contributed by atoms with E-state index in [-0.39, 0.29) is 23.5 Å². The number of hydrogen-bond donors (Lipinski definition) is 3. The van der Waals surface area contributed by atoms with Gasteiger partial charge in [-0.1, -0.05) is 0 Å². The number of esters is 2. The lowest BCUT2D eigenvalue weighted by atomic mass is 10.1. The van der Waals surface area contributed by atoms with Crippen LogP contribution in [0.4, 0.5) is 5.00 Å². The maximum Gasteiger partial charge on any atom is 0.342 e. The number of ether oxygens (including phenoxy) is 2. The first kappa shape index (κ1) is 20.2. The van der Waals surface area contributed by atoms with E-state index in [4.69, 9.17) is 9.47 Å². The van der Waals surface area contributed by atoms with Crippen molar-refractivity contribution in [2.75, 3.05) is 18.5 Å². The Balaban J connectivity index is 2.05. The molecule has 0 unspecified atom stereocenters. The van der Waals surface area contributed by atoms with E-state index in [0.717, 1.165) is 10.9 Å². The van der Waals surface area contributed by atoms with Crippen molar-refractivity contribution in [3.8, 4) is 11.5 Å².